The third kappa shape index (κ3) is 5.34. The molecule has 0 bridgehead atoms. The van der Waals surface area contributed by atoms with Gasteiger partial charge < -0.3 is 15.1 Å². The molecule has 0 radical (unpaired) electrons. The van der Waals surface area contributed by atoms with E-state index >= 15 is 0 Å². The van der Waals surface area contributed by atoms with Gasteiger partial charge >= 0.3 is 0 Å². The molecule has 152 valence electrons. The first-order chi connectivity index (χ1) is 14.2. The van der Waals surface area contributed by atoms with Crippen LogP contribution in [0.1, 0.15) is 26.9 Å². The molecule has 3 N–H and O–H groups in total. The van der Waals surface area contributed by atoms with Crippen molar-refractivity contribution in [2.45, 2.75) is 19.5 Å². The van der Waals surface area contributed by atoms with E-state index in [2.05, 4.69) is 76.4 Å². The Morgan fingerprint density at radius 3 is 2.45 bits per heavy atom. The first kappa shape index (κ1) is 20.3. The predicted octanol–water partition coefficient (Wildman–Crippen LogP) is 1.70. The van der Waals surface area contributed by atoms with Crippen LogP contribution in [0, 0.1) is 6.92 Å². The van der Waals surface area contributed by atoms with Crippen molar-refractivity contribution in [1.29, 1.82) is 0 Å². The van der Waals surface area contributed by atoms with Crippen molar-refractivity contribution in [2.24, 2.45) is 0 Å². The third-order valence-electron chi connectivity index (χ3n) is 5.64. The maximum absolute atomic E-state index is 12.9. The van der Waals surface area contributed by atoms with Crippen molar-refractivity contribution in [3.63, 3.8) is 0 Å². The van der Waals surface area contributed by atoms with Gasteiger partial charge in [-0.2, -0.15) is 0 Å². The molecule has 1 aliphatic rings. The number of nitrogens with one attached hydrogen (secondary N) is 1. The third-order valence-corrected chi connectivity index (χ3v) is 7.47. The molecule has 0 spiro atoms. The van der Waals surface area contributed by atoms with Gasteiger partial charge in [0.1, 0.15) is 12.6 Å². The topological polar surface area (TPSA) is 41.4 Å². The number of carbonyl (C=O) groups is 1. The van der Waals surface area contributed by atoms with E-state index < -0.39 is 0 Å². The summed E-state index contributed by atoms with van der Waals surface area (Å²) in [6.45, 7) is 7.49. The molecule has 1 atom stereocenters. The minimum atomic E-state index is 0.185. The molecular weight excluding hydrogens is 398 g/mol. The van der Waals surface area contributed by atoms with E-state index in [4.69, 9.17) is 0 Å². The normalized spacial score (nSPS) is 16.1. The zero-order valence-electron chi connectivity index (χ0n) is 16.8. The van der Waals surface area contributed by atoms with Gasteiger partial charge in [0.15, 0.2) is 6.54 Å². The number of piperazine rings is 1. The average molecular weight is 428 g/mol. The zero-order valence-corrected chi connectivity index (χ0v) is 18.5. The Balaban J connectivity index is 1.32. The Labute approximate surface area is 180 Å². The van der Waals surface area contributed by atoms with Gasteiger partial charge in [0, 0.05) is 5.56 Å². The van der Waals surface area contributed by atoms with Crippen LogP contribution in [0.4, 0.5) is 0 Å². The average Bonchev–Trinajstić information content (AvgIpc) is 3.44. The number of aryl methyl sites for hydroxylation is 1. The van der Waals surface area contributed by atoms with E-state index in [0.29, 0.717) is 6.54 Å². The van der Waals surface area contributed by atoms with Crippen LogP contribution in [0.25, 0.3) is 0 Å². The summed E-state index contributed by atoms with van der Waals surface area (Å²) in [5.41, 5.74) is 2.52. The summed E-state index contributed by atoms with van der Waals surface area (Å²) in [6.07, 6.45) is 0. The Kier molecular flexibility index (Phi) is 6.77. The zero-order chi connectivity index (χ0) is 20.1. The first-order valence-electron chi connectivity index (χ1n) is 10.3. The second kappa shape index (κ2) is 9.67. The maximum atomic E-state index is 12.9. The highest BCUT2D eigenvalue weighted by Crippen LogP contribution is 2.23. The molecule has 0 unspecified atom stereocenters. The Morgan fingerprint density at radius 2 is 1.79 bits per heavy atom. The van der Waals surface area contributed by atoms with Gasteiger partial charge in [0.2, 0.25) is 0 Å². The summed E-state index contributed by atoms with van der Waals surface area (Å²) >= 11 is 3.59. The fourth-order valence-corrected chi connectivity index (χ4v) is 5.54. The minimum absolute atomic E-state index is 0.185. The lowest BCUT2D eigenvalue weighted by Crippen LogP contribution is -3.13. The van der Waals surface area contributed by atoms with Gasteiger partial charge in [0.05, 0.1) is 35.9 Å². The number of quaternary nitrogens is 2. The standard InChI is InChI=1S/C23H27N3OS2/c1-18-6-8-19(9-7-18)23(21-5-3-15-29-21)24-16-22(27)26-12-10-25(11-13-26)17-20-4-2-14-28-20/h2-9,14-15,23-24H,10-13,16-17H2,1H3/p+2/t23-/m0/s1. The van der Waals surface area contributed by atoms with E-state index in [0.717, 1.165) is 32.7 Å². The highest BCUT2D eigenvalue weighted by atomic mass is 32.1. The summed E-state index contributed by atoms with van der Waals surface area (Å²) < 4.78 is 0. The summed E-state index contributed by atoms with van der Waals surface area (Å²) in [5, 5.41) is 6.45. The Hall–Kier alpha value is -1.99. The van der Waals surface area contributed by atoms with E-state index in [1.165, 1.54) is 20.9 Å². The fraction of sp³-hybridized carbons (Fsp3) is 0.348. The molecule has 6 heteroatoms. The van der Waals surface area contributed by atoms with Crippen LogP contribution in [-0.4, -0.2) is 43.5 Å². The van der Waals surface area contributed by atoms with Crippen molar-refractivity contribution in [1.82, 2.24) is 4.90 Å². The number of nitrogens with zero attached hydrogens (tertiary/aromatic N) is 1. The number of thiophene rings is 2. The van der Waals surface area contributed by atoms with Crippen LogP contribution < -0.4 is 10.2 Å². The molecule has 1 amide bonds. The molecule has 29 heavy (non-hydrogen) atoms. The van der Waals surface area contributed by atoms with Gasteiger partial charge in [-0.05, 0) is 29.8 Å². The highest BCUT2D eigenvalue weighted by Gasteiger charge is 2.26. The van der Waals surface area contributed by atoms with Crippen molar-refractivity contribution in [2.75, 3.05) is 32.7 Å². The number of nitrogens with two attached hydrogens (primary N) is 1. The van der Waals surface area contributed by atoms with Gasteiger partial charge in [-0.15, -0.1) is 22.7 Å². The van der Waals surface area contributed by atoms with Gasteiger partial charge in [0.25, 0.3) is 5.91 Å². The Morgan fingerprint density at radius 1 is 1.07 bits per heavy atom. The largest absolute Gasteiger partial charge is 0.328 e. The molecule has 4 nitrogen and oxygen atoms in total. The summed E-state index contributed by atoms with van der Waals surface area (Å²) in [6, 6.07) is 17.5. The second-order valence-electron chi connectivity index (χ2n) is 7.73. The number of benzene rings is 1. The van der Waals surface area contributed by atoms with Crippen LogP contribution in [0.15, 0.2) is 59.3 Å². The number of hydrogen-bond donors (Lipinski definition) is 2. The number of carbonyl (C=O) groups excluding carboxylic acids is 1. The number of amides is 1. The summed E-state index contributed by atoms with van der Waals surface area (Å²) in [7, 11) is 0. The van der Waals surface area contributed by atoms with Crippen LogP contribution in [0.3, 0.4) is 0 Å². The molecule has 1 aliphatic heterocycles. The first-order valence-corrected chi connectivity index (χ1v) is 12.0. The Bertz CT molecular complexity index is 883. The summed E-state index contributed by atoms with van der Waals surface area (Å²) in [4.78, 5) is 19.2. The molecule has 1 fully saturated rings. The van der Waals surface area contributed by atoms with Crippen LogP contribution in [0.5, 0.6) is 0 Å². The van der Waals surface area contributed by atoms with E-state index in [-0.39, 0.29) is 11.9 Å². The van der Waals surface area contributed by atoms with Crippen molar-refractivity contribution in [3.8, 4) is 0 Å². The maximum Gasteiger partial charge on any atom is 0.278 e. The lowest BCUT2D eigenvalue weighted by molar-refractivity contribution is -0.917. The molecule has 0 aliphatic carbocycles. The molecule has 1 saturated heterocycles. The van der Waals surface area contributed by atoms with Crippen molar-refractivity contribution >= 4 is 28.6 Å². The lowest BCUT2D eigenvalue weighted by Gasteiger charge is -2.31. The van der Waals surface area contributed by atoms with Gasteiger partial charge in [-0.25, -0.2) is 0 Å². The SMILES string of the molecule is Cc1ccc([C@H]([NH2+]CC(=O)N2CC[NH+](Cc3cccs3)CC2)c2cccs2)cc1. The van der Waals surface area contributed by atoms with Crippen LogP contribution in [0.2, 0.25) is 0 Å². The van der Waals surface area contributed by atoms with Gasteiger partial charge in [-0.1, -0.05) is 42.0 Å². The molecule has 1 aromatic carbocycles. The predicted molar refractivity (Wildman–Crippen MR) is 119 cm³/mol. The second-order valence-corrected chi connectivity index (χ2v) is 9.74. The molecule has 0 saturated carbocycles. The number of rotatable bonds is 7. The number of hydrogen-bond acceptors (Lipinski definition) is 3. The van der Waals surface area contributed by atoms with Crippen molar-refractivity contribution in [3.05, 3.63) is 80.2 Å². The van der Waals surface area contributed by atoms with Crippen molar-refractivity contribution < 1.29 is 15.0 Å². The van der Waals surface area contributed by atoms with Crippen LogP contribution >= 0.6 is 22.7 Å². The molecule has 3 heterocycles. The van der Waals surface area contributed by atoms with Crippen LogP contribution in [-0.2, 0) is 11.3 Å². The minimum Gasteiger partial charge on any atom is -0.328 e. The molecule has 3 aromatic rings. The fourth-order valence-electron chi connectivity index (χ4n) is 3.91. The monoisotopic (exact) mass is 427 g/mol. The van der Waals surface area contributed by atoms with E-state index in [1.54, 1.807) is 16.2 Å². The highest BCUT2D eigenvalue weighted by molar-refractivity contribution is 7.10. The molecular formula is C23H29N3OS2+2. The molecule has 4 rings (SSSR count). The van der Waals surface area contributed by atoms with Gasteiger partial charge in [-0.3, -0.25) is 4.79 Å². The molecule has 2 aromatic heterocycles. The lowest BCUT2D eigenvalue weighted by atomic mass is 10.0. The quantitative estimate of drug-likeness (QED) is 0.592. The van der Waals surface area contributed by atoms with E-state index in [1.807, 2.05) is 11.3 Å². The smallest absolute Gasteiger partial charge is 0.278 e. The summed E-state index contributed by atoms with van der Waals surface area (Å²) in [5.74, 6) is 0.258. The van der Waals surface area contributed by atoms with E-state index in [9.17, 15) is 4.79 Å².